The molecule has 4 atom stereocenters. The number of nitrogens with zero attached hydrogens (tertiary/aromatic N) is 1. The Kier molecular flexibility index (Phi) is 9.24. The van der Waals surface area contributed by atoms with E-state index in [-0.39, 0.29) is 18.1 Å². The van der Waals surface area contributed by atoms with Crippen LogP contribution >= 0.6 is 23.2 Å². The predicted molar refractivity (Wildman–Crippen MR) is 149 cm³/mol. The molecule has 2 aromatic carbocycles. The largest absolute Gasteiger partial charge is 0.481 e. The van der Waals surface area contributed by atoms with Crippen LogP contribution in [0.1, 0.15) is 70.0 Å². The Hall–Kier alpha value is -2.13. The Morgan fingerprint density at radius 2 is 1.76 bits per heavy atom. The number of hydrogen-bond acceptors (Lipinski definition) is 5. The van der Waals surface area contributed by atoms with Crippen LogP contribution in [0.25, 0.3) is 0 Å². The van der Waals surface area contributed by atoms with Gasteiger partial charge in [-0.15, -0.1) is 0 Å². The molecule has 0 aromatic heterocycles. The van der Waals surface area contributed by atoms with Crippen molar-refractivity contribution in [2.45, 2.75) is 70.6 Å². The number of hydrogen-bond donors (Lipinski definition) is 2. The summed E-state index contributed by atoms with van der Waals surface area (Å²) in [6.45, 7) is 6.28. The lowest BCUT2D eigenvalue weighted by atomic mass is 9.67. The number of aliphatic carboxylic acids is 1. The summed E-state index contributed by atoms with van der Waals surface area (Å²) in [4.78, 5) is 27.7. The molecule has 2 N–H and O–H groups in total. The second-order valence-electron chi connectivity index (χ2n) is 11.1. The van der Waals surface area contributed by atoms with Crippen molar-refractivity contribution in [1.29, 1.82) is 0 Å². The number of likely N-dealkylation sites (tertiary alicyclic amines) is 1. The molecule has 1 aliphatic heterocycles. The van der Waals surface area contributed by atoms with Crippen molar-refractivity contribution in [2.24, 2.45) is 5.41 Å². The number of benzene rings is 2. The van der Waals surface area contributed by atoms with Crippen LogP contribution in [0, 0.1) is 5.41 Å². The highest BCUT2D eigenvalue weighted by Crippen LogP contribution is 2.52. The zero-order valence-electron chi connectivity index (χ0n) is 22.0. The Morgan fingerprint density at radius 1 is 1.13 bits per heavy atom. The number of carboxylic acids is 1. The van der Waals surface area contributed by atoms with Crippen molar-refractivity contribution in [3.8, 4) is 0 Å². The highest BCUT2D eigenvalue weighted by molar-refractivity contribution is 7.91. The lowest BCUT2D eigenvalue weighted by Gasteiger charge is -2.51. The van der Waals surface area contributed by atoms with Gasteiger partial charge in [-0.2, -0.15) is 0 Å². The lowest BCUT2D eigenvalue weighted by molar-refractivity contribution is -0.160. The summed E-state index contributed by atoms with van der Waals surface area (Å²) in [6, 6.07) is 12.9. The minimum absolute atomic E-state index is 0.231. The van der Waals surface area contributed by atoms with E-state index in [2.05, 4.69) is 0 Å². The normalized spacial score (nSPS) is 23.3. The second kappa shape index (κ2) is 11.5. The number of piperidine rings is 1. The van der Waals surface area contributed by atoms with Crippen LogP contribution in [0.15, 0.2) is 48.5 Å². The van der Waals surface area contributed by atoms with E-state index in [0.29, 0.717) is 16.5 Å². The van der Waals surface area contributed by atoms with Crippen LogP contribution in [0.5, 0.6) is 0 Å². The van der Waals surface area contributed by atoms with Gasteiger partial charge in [0.05, 0.1) is 35.0 Å². The van der Waals surface area contributed by atoms with Crippen molar-refractivity contribution in [3.63, 3.8) is 0 Å². The number of carboxylic acid groups (broad SMARTS) is 1. The maximum absolute atomic E-state index is 14.2. The number of rotatable bonds is 10. The average molecular weight is 585 g/mol. The van der Waals surface area contributed by atoms with Crippen LogP contribution < -0.4 is 0 Å². The van der Waals surface area contributed by atoms with Crippen LogP contribution in [-0.4, -0.2) is 58.6 Å². The molecule has 0 saturated carbocycles. The summed E-state index contributed by atoms with van der Waals surface area (Å²) in [5.41, 5.74) is -1.15. The van der Waals surface area contributed by atoms with Gasteiger partial charge in [0, 0.05) is 22.0 Å². The van der Waals surface area contributed by atoms with Gasteiger partial charge in [0.2, 0.25) is 5.91 Å². The number of aliphatic hydroxyl groups is 1. The SMILES string of the molecule is CC[C@@H](CS(=O)(=O)CC(C)(C)O)N1C(=O)[C@](C)(CC(=O)O)C[C@H](c2cccc(Cl)c2)[C@H]1c1ccc(Cl)cc1. The quantitative estimate of drug-likeness (QED) is 0.382. The molecule has 1 fully saturated rings. The zero-order chi connectivity index (χ0) is 28.5. The fourth-order valence-electron chi connectivity index (χ4n) is 5.57. The van der Waals surface area contributed by atoms with E-state index in [4.69, 9.17) is 23.2 Å². The molecule has 10 heteroatoms. The van der Waals surface area contributed by atoms with Crippen molar-refractivity contribution in [3.05, 3.63) is 69.7 Å². The van der Waals surface area contributed by atoms with Gasteiger partial charge >= 0.3 is 5.97 Å². The molecule has 0 bridgehead atoms. The van der Waals surface area contributed by atoms with Gasteiger partial charge in [0.15, 0.2) is 9.84 Å². The molecule has 1 heterocycles. The van der Waals surface area contributed by atoms with E-state index in [1.165, 1.54) is 13.8 Å². The van der Waals surface area contributed by atoms with Crippen LogP contribution in [0.4, 0.5) is 0 Å². The number of amides is 1. The number of carbonyl (C=O) groups excluding carboxylic acids is 1. The Labute approximate surface area is 234 Å². The van der Waals surface area contributed by atoms with E-state index < -0.39 is 57.0 Å². The molecule has 3 rings (SSSR count). The minimum atomic E-state index is -3.79. The Bertz CT molecular complexity index is 1270. The Balaban J connectivity index is 2.23. The van der Waals surface area contributed by atoms with Gasteiger partial charge in [-0.25, -0.2) is 8.42 Å². The summed E-state index contributed by atoms with van der Waals surface area (Å²) in [6.07, 6.45) is 0.140. The van der Waals surface area contributed by atoms with E-state index in [1.54, 1.807) is 49.1 Å². The molecule has 7 nitrogen and oxygen atoms in total. The van der Waals surface area contributed by atoms with Gasteiger partial charge in [0.1, 0.15) is 0 Å². The molecule has 208 valence electrons. The molecular weight excluding hydrogens is 549 g/mol. The maximum Gasteiger partial charge on any atom is 0.304 e. The van der Waals surface area contributed by atoms with Gasteiger partial charge in [-0.3, -0.25) is 9.59 Å². The molecule has 1 amide bonds. The van der Waals surface area contributed by atoms with Gasteiger partial charge in [-0.1, -0.05) is 61.3 Å². The highest BCUT2D eigenvalue weighted by Gasteiger charge is 2.52. The van der Waals surface area contributed by atoms with Gasteiger partial charge in [0.25, 0.3) is 0 Å². The highest BCUT2D eigenvalue weighted by atomic mass is 35.5. The first-order chi connectivity index (χ1) is 17.5. The van der Waals surface area contributed by atoms with E-state index in [9.17, 15) is 28.2 Å². The molecule has 0 radical (unpaired) electrons. The molecule has 38 heavy (non-hydrogen) atoms. The summed E-state index contributed by atoms with van der Waals surface area (Å²) in [7, 11) is -3.79. The third kappa shape index (κ3) is 7.29. The van der Waals surface area contributed by atoms with Crippen LogP contribution in [-0.2, 0) is 19.4 Å². The topological polar surface area (TPSA) is 112 Å². The molecule has 1 saturated heterocycles. The number of sulfone groups is 1. The maximum atomic E-state index is 14.2. The molecule has 0 spiro atoms. The fraction of sp³-hybridized carbons (Fsp3) is 0.500. The van der Waals surface area contributed by atoms with Gasteiger partial charge < -0.3 is 15.1 Å². The smallest absolute Gasteiger partial charge is 0.304 e. The summed E-state index contributed by atoms with van der Waals surface area (Å²) in [5.74, 6) is -2.73. The molecular formula is C28H35Cl2NO6S. The third-order valence-corrected chi connectivity index (χ3v) is 9.54. The fourth-order valence-corrected chi connectivity index (χ4v) is 8.07. The number of carbonyl (C=O) groups is 2. The number of halogens is 2. The summed E-state index contributed by atoms with van der Waals surface area (Å²) < 4.78 is 26.3. The molecule has 2 aromatic rings. The molecule has 0 aliphatic carbocycles. The average Bonchev–Trinajstić information content (AvgIpc) is 2.78. The van der Waals surface area contributed by atoms with E-state index in [1.807, 2.05) is 18.2 Å². The second-order valence-corrected chi connectivity index (χ2v) is 14.1. The predicted octanol–water partition coefficient (Wildman–Crippen LogP) is 5.50. The van der Waals surface area contributed by atoms with Crippen molar-refractivity contribution < 1.29 is 28.2 Å². The van der Waals surface area contributed by atoms with Crippen molar-refractivity contribution >= 4 is 44.9 Å². The summed E-state index contributed by atoms with van der Waals surface area (Å²) >= 11 is 12.5. The van der Waals surface area contributed by atoms with Crippen molar-refractivity contribution in [1.82, 2.24) is 4.90 Å². The molecule has 0 unspecified atom stereocenters. The van der Waals surface area contributed by atoms with E-state index >= 15 is 0 Å². The standard InChI is InChI=1S/C28H35Cl2NO6S/c1-5-22(16-38(36,37)17-27(2,3)35)31-25(18-9-11-20(29)12-10-18)23(19-7-6-8-21(30)13-19)14-28(4,26(31)34)15-24(32)33/h6-13,22-23,25,35H,5,14-17H2,1-4H3,(H,32,33)/t22-,23+,25+,28-/m0/s1. The zero-order valence-corrected chi connectivity index (χ0v) is 24.4. The summed E-state index contributed by atoms with van der Waals surface area (Å²) in [5, 5.41) is 20.9. The van der Waals surface area contributed by atoms with E-state index in [0.717, 1.165) is 11.1 Å². The third-order valence-electron chi connectivity index (χ3n) is 7.02. The Morgan fingerprint density at radius 3 is 2.29 bits per heavy atom. The minimum Gasteiger partial charge on any atom is -0.481 e. The molecule has 1 aliphatic rings. The first-order valence-corrected chi connectivity index (χ1v) is 15.1. The van der Waals surface area contributed by atoms with Gasteiger partial charge in [-0.05, 0) is 62.1 Å². The van der Waals surface area contributed by atoms with Crippen LogP contribution in [0.2, 0.25) is 10.0 Å². The first-order valence-electron chi connectivity index (χ1n) is 12.5. The lowest BCUT2D eigenvalue weighted by Crippen LogP contribution is -2.57. The van der Waals surface area contributed by atoms with Crippen molar-refractivity contribution in [2.75, 3.05) is 11.5 Å². The van der Waals surface area contributed by atoms with Crippen LogP contribution in [0.3, 0.4) is 0 Å². The first kappa shape index (κ1) is 30.4. The monoisotopic (exact) mass is 583 g/mol.